The molecule has 0 aliphatic heterocycles. The lowest BCUT2D eigenvalue weighted by atomic mass is 10.1. The van der Waals surface area contributed by atoms with Crippen LogP contribution < -0.4 is 10.6 Å². The Kier molecular flexibility index (Phi) is 5.32. The number of furan rings is 1. The van der Waals surface area contributed by atoms with Gasteiger partial charge in [-0.05, 0) is 31.2 Å². The lowest BCUT2D eigenvalue weighted by molar-refractivity contribution is -0.120. The van der Waals surface area contributed by atoms with Crippen LogP contribution in [0.1, 0.15) is 27.8 Å². The Labute approximate surface area is 128 Å². The number of aryl methyl sites for hydroxylation is 1. The summed E-state index contributed by atoms with van der Waals surface area (Å²) in [7, 11) is 0. The first-order valence-electron chi connectivity index (χ1n) is 6.89. The second-order valence-electron chi connectivity index (χ2n) is 4.89. The van der Waals surface area contributed by atoms with Gasteiger partial charge >= 0.3 is 0 Å². The summed E-state index contributed by atoms with van der Waals surface area (Å²) in [5.74, 6) is -0.318. The molecule has 0 aliphatic carbocycles. The van der Waals surface area contributed by atoms with Gasteiger partial charge in [0, 0.05) is 5.56 Å². The molecule has 6 nitrogen and oxygen atoms in total. The van der Waals surface area contributed by atoms with Crippen molar-refractivity contribution in [1.82, 2.24) is 10.6 Å². The fraction of sp³-hybridized carbons (Fsp3) is 0.250. The molecule has 0 spiro atoms. The number of nitrogens with one attached hydrogen (secondary N) is 2. The van der Waals surface area contributed by atoms with E-state index in [1.165, 1.54) is 6.26 Å². The number of rotatable bonds is 6. The van der Waals surface area contributed by atoms with Crippen molar-refractivity contribution in [2.24, 2.45) is 0 Å². The molecule has 2 aromatic rings. The van der Waals surface area contributed by atoms with E-state index in [-0.39, 0.29) is 24.9 Å². The standard InChI is InChI=1S/C16H18N2O4/c1-11-4-2-5-12(8-11)16(21)18-10-15(20)17-9-13(19)14-6-3-7-22-14/h2-8,13,19H,9-10H2,1H3,(H,17,20)(H,18,21). The van der Waals surface area contributed by atoms with E-state index >= 15 is 0 Å². The van der Waals surface area contributed by atoms with E-state index in [0.29, 0.717) is 11.3 Å². The van der Waals surface area contributed by atoms with E-state index in [2.05, 4.69) is 10.6 Å². The van der Waals surface area contributed by atoms with Crippen LogP contribution in [-0.4, -0.2) is 30.0 Å². The lowest BCUT2D eigenvalue weighted by Crippen LogP contribution is -2.38. The Morgan fingerprint density at radius 2 is 2.05 bits per heavy atom. The van der Waals surface area contributed by atoms with E-state index in [0.717, 1.165) is 5.56 Å². The molecular formula is C16H18N2O4. The number of amides is 2. The smallest absolute Gasteiger partial charge is 0.251 e. The van der Waals surface area contributed by atoms with Gasteiger partial charge in [0.1, 0.15) is 11.9 Å². The molecule has 116 valence electrons. The first-order valence-corrected chi connectivity index (χ1v) is 6.89. The van der Waals surface area contributed by atoms with Crippen LogP contribution in [0.25, 0.3) is 0 Å². The van der Waals surface area contributed by atoms with Crippen LogP contribution in [0.2, 0.25) is 0 Å². The average Bonchev–Trinajstić information content (AvgIpc) is 3.04. The van der Waals surface area contributed by atoms with Crippen molar-refractivity contribution >= 4 is 11.8 Å². The number of aliphatic hydroxyl groups excluding tert-OH is 1. The van der Waals surface area contributed by atoms with Crippen LogP contribution in [0.5, 0.6) is 0 Å². The van der Waals surface area contributed by atoms with Crippen molar-refractivity contribution in [3.8, 4) is 0 Å². The Balaban J connectivity index is 1.74. The predicted octanol–water partition coefficient (Wildman–Crippen LogP) is 1.17. The molecular weight excluding hydrogens is 284 g/mol. The van der Waals surface area contributed by atoms with E-state index in [1.54, 1.807) is 30.3 Å². The highest BCUT2D eigenvalue weighted by Gasteiger charge is 2.12. The van der Waals surface area contributed by atoms with Gasteiger partial charge in [-0.3, -0.25) is 9.59 Å². The van der Waals surface area contributed by atoms with Crippen LogP contribution >= 0.6 is 0 Å². The fourth-order valence-corrected chi connectivity index (χ4v) is 1.90. The fourth-order valence-electron chi connectivity index (χ4n) is 1.90. The zero-order chi connectivity index (χ0) is 15.9. The third-order valence-electron chi connectivity index (χ3n) is 3.05. The monoisotopic (exact) mass is 302 g/mol. The first-order chi connectivity index (χ1) is 10.6. The number of benzene rings is 1. The van der Waals surface area contributed by atoms with Crippen LogP contribution in [0.4, 0.5) is 0 Å². The van der Waals surface area contributed by atoms with Crippen molar-refractivity contribution in [2.45, 2.75) is 13.0 Å². The van der Waals surface area contributed by atoms with Crippen molar-refractivity contribution in [3.05, 3.63) is 59.5 Å². The maximum Gasteiger partial charge on any atom is 0.251 e. The third kappa shape index (κ3) is 4.46. The van der Waals surface area contributed by atoms with E-state index in [1.807, 2.05) is 13.0 Å². The molecule has 0 saturated heterocycles. The Hall–Kier alpha value is -2.60. The highest BCUT2D eigenvalue weighted by molar-refractivity contribution is 5.96. The van der Waals surface area contributed by atoms with Gasteiger partial charge in [0.15, 0.2) is 0 Å². The van der Waals surface area contributed by atoms with Crippen molar-refractivity contribution in [2.75, 3.05) is 13.1 Å². The number of aliphatic hydroxyl groups is 1. The van der Waals surface area contributed by atoms with Crippen LogP contribution in [0, 0.1) is 6.92 Å². The van der Waals surface area contributed by atoms with Gasteiger partial charge in [-0.1, -0.05) is 17.7 Å². The van der Waals surface area contributed by atoms with Crippen LogP contribution in [0.3, 0.4) is 0 Å². The van der Waals surface area contributed by atoms with Crippen LogP contribution in [-0.2, 0) is 4.79 Å². The van der Waals surface area contributed by atoms with Crippen molar-refractivity contribution < 1.29 is 19.1 Å². The summed E-state index contributed by atoms with van der Waals surface area (Å²) in [4.78, 5) is 23.5. The second kappa shape index (κ2) is 7.42. The van der Waals surface area contributed by atoms with Crippen molar-refractivity contribution in [1.29, 1.82) is 0 Å². The molecule has 1 aromatic carbocycles. The summed E-state index contributed by atoms with van der Waals surface area (Å²) in [6, 6.07) is 10.4. The van der Waals surface area contributed by atoms with Gasteiger partial charge in [-0.25, -0.2) is 0 Å². The largest absolute Gasteiger partial charge is 0.467 e. The summed E-state index contributed by atoms with van der Waals surface area (Å²) in [6.07, 6.45) is 0.536. The molecule has 1 aromatic heterocycles. The maximum absolute atomic E-state index is 11.9. The third-order valence-corrected chi connectivity index (χ3v) is 3.05. The number of hydrogen-bond acceptors (Lipinski definition) is 4. The predicted molar refractivity (Wildman–Crippen MR) is 80.2 cm³/mol. The quantitative estimate of drug-likeness (QED) is 0.747. The average molecular weight is 302 g/mol. The van der Waals surface area contributed by atoms with E-state index < -0.39 is 6.10 Å². The minimum atomic E-state index is -0.911. The molecule has 2 amide bonds. The molecule has 0 fully saturated rings. The summed E-state index contributed by atoms with van der Waals surface area (Å²) in [6.45, 7) is 1.75. The molecule has 2 rings (SSSR count). The van der Waals surface area contributed by atoms with Crippen molar-refractivity contribution in [3.63, 3.8) is 0 Å². The molecule has 22 heavy (non-hydrogen) atoms. The van der Waals surface area contributed by atoms with Gasteiger partial charge in [-0.2, -0.15) is 0 Å². The van der Waals surface area contributed by atoms with Gasteiger partial charge < -0.3 is 20.2 Å². The molecule has 0 radical (unpaired) electrons. The molecule has 6 heteroatoms. The zero-order valence-electron chi connectivity index (χ0n) is 12.2. The number of hydrogen-bond donors (Lipinski definition) is 3. The molecule has 1 atom stereocenters. The van der Waals surface area contributed by atoms with Gasteiger partial charge in [0.2, 0.25) is 5.91 Å². The summed E-state index contributed by atoms with van der Waals surface area (Å²) in [5, 5.41) is 14.8. The zero-order valence-corrected chi connectivity index (χ0v) is 12.2. The Morgan fingerprint density at radius 3 is 2.73 bits per heavy atom. The number of carbonyl (C=O) groups is 2. The summed E-state index contributed by atoms with van der Waals surface area (Å²) >= 11 is 0. The SMILES string of the molecule is Cc1cccc(C(=O)NCC(=O)NCC(O)c2ccco2)c1. The topological polar surface area (TPSA) is 91.6 Å². The van der Waals surface area contributed by atoms with E-state index in [9.17, 15) is 14.7 Å². The first kappa shape index (κ1) is 15.8. The number of carbonyl (C=O) groups excluding carboxylic acids is 2. The Morgan fingerprint density at radius 1 is 1.23 bits per heavy atom. The minimum absolute atomic E-state index is 0.0205. The Bertz CT molecular complexity index is 637. The highest BCUT2D eigenvalue weighted by atomic mass is 16.4. The molecule has 1 unspecified atom stereocenters. The normalized spacial score (nSPS) is 11.7. The summed E-state index contributed by atoms with van der Waals surface area (Å²) < 4.78 is 5.02. The molecule has 3 N–H and O–H groups in total. The molecule has 1 heterocycles. The molecule has 0 saturated carbocycles. The highest BCUT2D eigenvalue weighted by Crippen LogP contribution is 2.11. The second-order valence-corrected chi connectivity index (χ2v) is 4.89. The minimum Gasteiger partial charge on any atom is -0.467 e. The van der Waals surface area contributed by atoms with Gasteiger partial charge in [0.05, 0.1) is 19.4 Å². The van der Waals surface area contributed by atoms with E-state index in [4.69, 9.17) is 4.42 Å². The molecule has 0 bridgehead atoms. The van der Waals surface area contributed by atoms with Gasteiger partial charge in [-0.15, -0.1) is 0 Å². The van der Waals surface area contributed by atoms with Crippen LogP contribution in [0.15, 0.2) is 47.1 Å². The lowest BCUT2D eigenvalue weighted by Gasteiger charge is -2.10. The van der Waals surface area contributed by atoms with Gasteiger partial charge in [0.25, 0.3) is 5.91 Å². The maximum atomic E-state index is 11.9. The molecule has 0 aliphatic rings. The summed E-state index contributed by atoms with van der Waals surface area (Å²) in [5.41, 5.74) is 1.47.